The van der Waals surface area contributed by atoms with Gasteiger partial charge in [0.2, 0.25) is 0 Å². The van der Waals surface area contributed by atoms with E-state index in [9.17, 15) is 0 Å². The monoisotopic (exact) mass is 308 g/mol. The Hall–Kier alpha value is 0.300. The lowest BCUT2D eigenvalue weighted by atomic mass is 10.0. The Balaban J connectivity index is 0.00000144. The molecule has 0 heterocycles. The van der Waals surface area contributed by atoms with Gasteiger partial charge in [0.15, 0.2) is 0 Å². The molecule has 1 aromatic rings. The molecule has 1 aromatic carbocycles. The van der Waals surface area contributed by atoms with Crippen LogP contribution in [0.2, 0.25) is 0 Å². The van der Waals surface area contributed by atoms with Crippen LogP contribution in [-0.4, -0.2) is 18.3 Å². The summed E-state index contributed by atoms with van der Waals surface area (Å²) in [6.45, 7) is 2.31. The summed E-state index contributed by atoms with van der Waals surface area (Å²) in [5.74, 6) is 2.02. The molecule has 0 amide bonds. The van der Waals surface area contributed by atoms with E-state index >= 15 is 0 Å². The van der Waals surface area contributed by atoms with Gasteiger partial charge in [-0.2, -0.15) is 0 Å². The van der Waals surface area contributed by atoms with Crippen molar-refractivity contribution in [1.82, 2.24) is 0 Å². The summed E-state index contributed by atoms with van der Waals surface area (Å²) in [6, 6.07) is 10.8. The van der Waals surface area contributed by atoms with Crippen molar-refractivity contribution >= 4 is 10.9 Å². The van der Waals surface area contributed by atoms with Gasteiger partial charge in [-0.15, -0.1) is 0 Å². The highest BCUT2D eigenvalue weighted by atomic mass is 127. The fraction of sp³-hybridized carbons (Fsp3) is 0.455. The number of rotatable bonds is 3. The quantitative estimate of drug-likeness (QED) is 0.530. The number of benzene rings is 1. The van der Waals surface area contributed by atoms with Crippen molar-refractivity contribution in [2.75, 3.05) is 18.3 Å². The standard InChI is InChI=1S/C11H17S.HI/c1-10(9-12(2)3)11-7-5-4-6-8-11;/h4-8,10H,9H2,1-3H3;1H/q+1;/p-1. The normalized spacial score (nSPS) is 12.3. The van der Waals surface area contributed by atoms with E-state index in [-0.39, 0.29) is 24.0 Å². The van der Waals surface area contributed by atoms with Gasteiger partial charge in [0.1, 0.15) is 5.75 Å². The van der Waals surface area contributed by atoms with Crippen LogP contribution in [0.15, 0.2) is 30.3 Å². The highest BCUT2D eigenvalue weighted by molar-refractivity contribution is 7.95. The molecular weight excluding hydrogens is 291 g/mol. The van der Waals surface area contributed by atoms with Gasteiger partial charge in [-0.05, 0) is 16.5 Å². The molecule has 0 saturated heterocycles. The lowest BCUT2D eigenvalue weighted by molar-refractivity contribution is -0.00000268. The highest BCUT2D eigenvalue weighted by Crippen LogP contribution is 2.15. The molecule has 1 atom stereocenters. The van der Waals surface area contributed by atoms with E-state index in [1.54, 1.807) is 0 Å². The third-order valence-corrected chi connectivity index (χ3v) is 3.12. The third kappa shape index (κ3) is 4.91. The fourth-order valence-electron chi connectivity index (χ4n) is 1.38. The maximum atomic E-state index is 2.31. The first kappa shape index (κ1) is 13.3. The first-order valence-electron chi connectivity index (χ1n) is 4.29. The van der Waals surface area contributed by atoms with Gasteiger partial charge in [-0.3, -0.25) is 0 Å². The summed E-state index contributed by atoms with van der Waals surface area (Å²) in [5, 5.41) is 0. The third-order valence-electron chi connectivity index (χ3n) is 1.95. The first-order valence-corrected chi connectivity index (χ1v) is 6.50. The van der Waals surface area contributed by atoms with E-state index in [4.69, 9.17) is 0 Å². The Morgan fingerprint density at radius 3 is 2.15 bits per heavy atom. The Morgan fingerprint density at radius 2 is 1.69 bits per heavy atom. The maximum Gasteiger partial charge on any atom is 0.114 e. The van der Waals surface area contributed by atoms with Crippen molar-refractivity contribution in [3.05, 3.63) is 35.9 Å². The van der Waals surface area contributed by atoms with Crippen molar-refractivity contribution in [2.45, 2.75) is 12.8 Å². The van der Waals surface area contributed by atoms with Crippen molar-refractivity contribution < 1.29 is 24.0 Å². The molecule has 0 aromatic heterocycles. The van der Waals surface area contributed by atoms with Gasteiger partial charge in [-0.1, -0.05) is 37.3 Å². The molecule has 0 radical (unpaired) electrons. The van der Waals surface area contributed by atoms with Crippen LogP contribution in [-0.2, 0) is 10.9 Å². The van der Waals surface area contributed by atoms with Gasteiger partial charge < -0.3 is 24.0 Å². The minimum Gasteiger partial charge on any atom is -1.00 e. The molecule has 0 saturated carbocycles. The topological polar surface area (TPSA) is 0 Å². The molecule has 0 bridgehead atoms. The molecule has 0 N–H and O–H groups in total. The van der Waals surface area contributed by atoms with E-state index in [2.05, 4.69) is 49.8 Å². The predicted molar refractivity (Wildman–Crippen MR) is 58.9 cm³/mol. The maximum absolute atomic E-state index is 2.31. The van der Waals surface area contributed by atoms with Crippen LogP contribution in [0.5, 0.6) is 0 Å². The van der Waals surface area contributed by atoms with Crippen LogP contribution in [0.1, 0.15) is 18.4 Å². The van der Waals surface area contributed by atoms with Crippen molar-refractivity contribution in [3.63, 3.8) is 0 Å². The Kier molecular flexibility index (Phi) is 6.86. The van der Waals surface area contributed by atoms with Crippen molar-refractivity contribution in [1.29, 1.82) is 0 Å². The second-order valence-corrected chi connectivity index (χ2v) is 5.77. The molecule has 1 unspecified atom stereocenters. The van der Waals surface area contributed by atoms with Crippen LogP contribution >= 0.6 is 0 Å². The molecule has 0 aliphatic carbocycles. The SMILES string of the molecule is CC(C[S+](C)C)c1ccccc1.[I-]. The van der Waals surface area contributed by atoms with Crippen LogP contribution in [0.4, 0.5) is 0 Å². The number of halogens is 1. The summed E-state index contributed by atoms with van der Waals surface area (Å²) in [6.07, 6.45) is 4.61. The number of hydrogen-bond acceptors (Lipinski definition) is 0. The first-order chi connectivity index (χ1) is 5.70. The Morgan fingerprint density at radius 1 is 1.15 bits per heavy atom. The molecule has 1 rings (SSSR count). The minimum absolute atomic E-state index is 0. The number of hydrogen-bond donors (Lipinski definition) is 0. The molecule has 0 nitrogen and oxygen atoms in total. The van der Waals surface area contributed by atoms with E-state index in [1.165, 1.54) is 11.3 Å². The molecule has 0 spiro atoms. The van der Waals surface area contributed by atoms with Gasteiger partial charge in [0, 0.05) is 5.92 Å². The van der Waals surface area contributed by atoms with E-state index in [1.807, 2.05) is 0 Å². The van der Waals surface area contributed by atoms with Crippen LogP contribution in [0, 0.1) is 0 Å². The fourth-order valence-corrected chi connectivity index (χ4v) is 2.57. The molecule has 0 fully saturated rings. The highest BCUT2D eigenvalue weighted by Gasteiger charge is 2.12. The molecule has 0 aliphatic rings. The zero-order valence-corrected chi connectivity index (χ0v) is 11.4. The average molecular weight is 308 g/mol. The molecule has 2 heteroatoms. The summed E-state index contributed by atoms with van der Waals surface area (Å²) in [7, 11) is 0.554. The van der Waals surface area contributed by atoms with E-state index in [0.717, 1.165) is 0 Å². The van der Waals surface area contributed by atoms with Crippen LogP contribution < -0.4 is 24.0 Å². The minimum atomic E-state index is 0. The van der Waals surface area contributed by atoms with E-state index in [0.29, 0.717) is 16.8 Å². The zero-order chi connectivity index (χ0) is 8.97. The van der Waals surface area contributed by atoms with Gasteiger partial charge >= 0.3 is 0 Å². The van der Waals surface area contributed by atoms with Gasteiger partial charge in [0.05, 0.1) is 12.5 Å². The average Bonchev–Trinajstić information content (AvgIpc) is 2.05. The Labute approximate surface area is 101 Å². The van der Waals surface area contributed by atoms with Gasteiger partial charge in [0.25, 0.3) is 0 Å². The Bertz CT molecular complexity index is 221. The lowest BCUT2D eigenvalue weighted by Gasteiger charge is -2.08. The van der Waals surface area contributed by atoms with E-state index < -0.39 is 0 Å². The summed E-state index contributed by atoms with van der Waals surface area (Å²) >= 11 is 0. The zero-order valence-electron chi connectivity index (χ0n) is 8.46. The second kappa shape index (κ2) is 6.71. The van der Waals surface area contributed by atoms with Crippen molar-refractivity contribution in [3.8, 4) is 0 Å². The van der Waals surface area contributed by atoms with Gasteiger partial charge in [-0.25, -0.2) is 0 Å². The predicted octanol–water partition coefficient (Wildman–Crippen LogP) is -0.328. The summed E-state index contributed by atoms with van der Waals surface area (Å²) in [4.78, 5) is 0. The lowest BCUT2D eigenvalue weighted by Crippen LogP contribution is -3.00. The largest absolute Gasteiger partial charge is 1.00 e. The van der Waals surface area contributed by atoms with Crippen molar-refractivity contribution in [2.24, 2.45) is 0 Å². The molecule has 0 aliphatic heterocycles. The molecule has 13 heavy (non-hydrogen) atoms. The molecular formula is C11H17IS. The van der Waals surface area contributed by atoms with Crippen LogP contribution in [0.25, 0.3) is 0 Å². The smallest absolute Gasteiger partial charge is 0.114 e. The van der Waals surface area contributed by atoms with Crippen LogP contribution in [0.3, 0.4) is 0 Å². The second-order valence-electron chi connectivity index (χ2n) is 3.46. The summed E-state index contributed by atoms with van der Waals surface area (Å²) < 4.78 is 0. The summed E-state index contributed by atoms with van der Waals surface area (Å²) in [5.41, 5.74) is 1.47. The molecule has 74 valence electrons.